The highest BCUT2D eigenvalue weighted by Crippen LogP contribution is 2.32. The summed E-state index contributed by atoms with van der Waals surface area (Å²) in [6, 6.07) is 5.70. The molecule has 3 nitrogen and oxygen atoms in total. The van der Waals surface area contributed by atoms with Crippen LogP contribution >= 0.6 is 0 Å². The molecule has 1 atom stereocenters. The summed E-state index contributed by atoms with van der Waals surface area (Å²) in [5, 5.41) is 0. The Hall–Kier alpha value is -1.27. The molecular weight excluding hydrogens is 327 g/mol. The molecule has 1 aromatic rings. The van der Waals surface area contributed by atoms with Gasteiger partial charge in [0.1, 0.15) is 0 Å². The molecule has 3 rings (SSSR count). The zero-order chi connectivity index (χ0) is 17.9. The van der Waals surface area contributed by atoms with Crippen LogP contribution in [0.25, 0.3) is 0 Å². The van der Waals surface area contributed by atoms with Gasteiger partial charge in [0.15, 0.2) is 0 Å². The van der Waals surface area contributed by atoms with Crippen molar-refractivity contribution in [2.75, 3.05) is 57.3 Å². The predicted molar refractivity (Wildman–Crippen MR) is 94.9 cm³/mol. The lowest BCUT2D eigenvalue weighted by Crippen LogP contribution is -2.49. The van der Waals surface area contributed by atoms with Gasteiger partial charge in [-0.15, -0.1) is 0 Å². The lowest BCUT2D eigenvalue weighted by Gasteiger charge is -2.40. The first-order valence-corrected chi connectivity index (χ1v) is 9.32. The summed E-state index contributed by atoms with van der Waals surface area (Å²) in [4.78, 5) is 7.08. The highest BCUT2D eigenvalue weighted by atomic mass is 19.4. The first-order valence-electron chi connectivity index (χ1n) is 9.32. The summed E-state index contributed by atoms with van der Waals surface area (Å²) < 4.78 is 38.7. The van der Waals surface area contributed by atoms with Crippen molar-refractivity contribution in [1.29, 1.82) is 0 Å². The normalized spacial score (nSPS) is 23.8. The first-order chi connectivity index (χ1) is 12.0. The van der Waals surface area contributed by atoms with Gasteiger partial charge < -0.3 is 9.80 Å². The third-order valence-corrected chi connectivity index (χ3v) is 5.48. The highest BCUT2D eigenvalue weighted by Gasteiger charge is 2.31. The van der Waals surface area contributed by atoms with Crippen LogP contribution < -0.4 is 4.90 Å². The van der Waals surface area contributed by atoms with Crippen LogP contribution in [0.1, 0.15) is 25.3 Å². The molecule has 140 valence electrons. The molecule has 0 aromatic heterocycles. The van der Waals surface area contributed by atoms with Gasteiger partial charge in [0.25, 0.3) is 0 Å². The van der Waals surface area contributed by atoms with Gasteiger partial charge in [-0.1, -0.05) is 13.0 Å². The van der Waals surface area contributed by atoms with Gasteiger partial charge in [0.05, 0.1) is 5.56 Å². The van der Waals surface area contributed by atoms with Crippen molar-refractivity contribution in [2.24, 2.45) is 5.92 Å². The zero-order valence-corrected chi connectivity index (χ0v) is 14.9. The topological polar surface area (TPSA) is 9.72 Å². The van der Waals surface area contributed by atoms with E-state index in [9.17, 15) is 13.2 Å². The average Bonchev–Trinajstić information content (AvgIpc) is 2.62. The van der Waals surface area contributed by atoms with E-state index in [2.05, 4.69) is 21.6 Å². The lowest BCUT2D eigenvalue weighted by atomic mass is 9.97. The van der Waals surface area contributed by atoms with Crippen molar-refractivity contribution in [2.45, 2.75) is 25.9 Å². The second-order valence-electron chi connectivity index (χ2n) is 7.24. The molecule has 0 aliphatic carbocycles. The largest absolute Gasteiger partial charge is 0.416 e. The maximum atomic E-state index is 12.9. The van der Waals surface area contributed by atoms with E-state index in [1.54, 1.807) is 6.07 Å². The molecule has 2 aliphatic heterocycles. The van der Waals surface area contributed by atoms with Crippen molar-refractivity contribution < 1.29 is 13.2 Å². The fourth-order valence-electron chi connectivity index (χ4n) is 4.02. The van der Waals surface area contributed by atoms with E-state index in [4.69, 9.17) is 0 Å². The number of rotatable bonds is 4. The van der Waals surface area contributed by atoms with Crippen molar-refractivity contribution in [1.82, 2.24) is 9.80 Å². The first kappa shape index (κ1) is 18.5. The molecule has 0 unspecified atom stereocenters. The van der Waals surface area contributed by atoms with E-state index >= 15 is 0 Å². The van der Waals surface area contributed by atoms with Crippen LogP contribution in [0.4, 0.5) is 18.9 Å². The smallest absolute Gasteiger partial charge is 0.369 e. The van der Waals surface area contributed by atoms with Crippen LogP contribution in [0.3, 0.4) is 0 Å². The van der Waals surface area contributed by atoms with Gasteiger partial charge in [-0.25, -0.2) is 0 Å². The molecule has 0 bridgehead atoms. The molecule has 0 saturated carbocycles. The van der Waals surface area contributed by atoms with Gasteiger partial charge >= 0.3 is 6.18 Å². The molecule has 0 spiro atoms. The SMILES string of the molecule is CCN1CCC[C@H](CN2CCN(c3cccc(C(F)(F)F)c3)CC2)C1. The number of nitrogens with zero attached hydrogens (tertiary/aromatic N) is 3. The molecular formula is C19H28F3N3. The quantitative estimate of drug-likeness (QED) is 0.818. The molecule has 0 amide bonds. The Labute approximate surface area is 148 Å². The highest BCUT2D eigenvalue weighted by molar-refractivity contribution is 5.49. The number of hydrogen-bond donors (Lipinski definition) is 0. The van der Waals surface area contributed by atoms with Crippen LogP contribution in [-0.2, 0) is 6.18 Å². The van der Waals surface area contributed by atoms with Crippen molar-refractivity contribution in [3.8, 4) is 0 Å². The standard InChI is InChI=1S/C19H28F3N3/c1-2-23-8-4-5-16(14-23)15-24-9-11-25(12-10-24)18-7-3-6-17(13-18)19(20,21)22/h3,6-7,13,16H,2,4-5,8-12,14-15H2,1H3/t16-/m0/s1. The Morgan fingerprint density at radius 1 is 1.04 bits per heavy atom. The van der Waals surface area contributed by atoms with Gasteiger partial charge in [-0.3, -0.25) is 4.90 Å². The second-order valence-corrected chi connectivity index (χ2v) is 7.24. The third-order valence-electron chi connectivity index (χ3n) is 5.48. The molecule has 2 fully saturated rings. The number of benzene rings is 1. The van der Waals surface area contributed by atoms with Gasteiger partial charge in [-0.2, -0.15) is 13.2 Å². The van der Waals surface area contributed by atoms with E-state index in [-0.39, 0.29) is 0 Å². The summed E-state index contributed by atoms with van der Waals surface area (Å²) in [5.41, 5.74) is 0.124. The molecule has 1 aromatic carbocycles. The Morgan fingerprint density at radius 2 is 1.80 bits per heavy atom. The number of likely N-dealkylation sites (tertiary alicyclic amines) is 1. The van der Waals surface area contributed by atoms with Crippen LogP contribution in [0.15, 0.2) is 24.3 Å². The Morgan fingerprint density at radius 3 is 2.48 bits per heavy atom. The fourth-order valence-corrected chi connectivity index (χ4v) is 4.02. The van der Waals surface area contributed by atoms with Gasteiger partial charge in [0.2, 0.25) is 0 Å². The summed E-state index contributed by atoms with van der Waals surface area (Å²) in [5.74, 6) is 0.730. The Balaban J connectivity index is 1.52. The molecule has 0 N–H and O–H groups in total. The number of anilines is 1. The van der Waals surface area contributed by atoms with Crippen LogP contribution in [-0.4, -0.2) is 62.2 Å². The van der Waals surface area contributed by atoms with Crippen LogP contribution in [0.2, 0.25) is 0 Å². The van der Waals surface area contributed by atoms with E-state index in [0.717, 1.165) is 51.3 Å². The molecule has 6 heteroatoms. The Bertz CT molecular complexity index is 553. The van der Waals surface area contributed by atoms with E-state index < -0.39 is 11.7 Å². The minimum absolute atomic E-state index is 0.561. The number of hydrogen-bond acceptors (Lipinski definition) is 3. The summed E-state index contributed by atoms with van der Waals surface area (Å²) >= 11 is 0. The van der Waals surface area contributed by atoms with Gasteiger partial charge in [-0.05, 0) is 50.0 Å². The molecule has 25 heavy (non-hydrogen) atoms. The fraction of sp³-hybridized carbons (Fsp3) is 0.684. The lowest BCUT2D eigenvalue weighted by molar-refractivity contribution is -0.137. The molecule has 0 radical (unpaired) electrons. The number of alkyl halides is 3. The third kappa shape index (κ3) is 4.88. The predicted octanol–water partition coefficient (Wildman–Crippen LogP) is 3.56. The number of halogens is 3. The van der Waals surface area contributed by atoms with E-state index in [1.807, 2.05) is 0 Å². The van der Waals surface area contributed by atoms with Crippen molar-refractivity contribution >= 4 is 5.69 Å². The summed E-state index contributed by atoms with van der Waals surface area (Å²) in [6.45, 7) is 10.3. The van der Waals surface area contributed by atoms with E-state index in [1.165, 1.54) is 38.1 Å². The summed E-state index contributed by atoms with van der Waals surface area (Å²) in [6.07, 6.45) is -1.70. The maximum Gasteiger partial charge on any atom is 0.416 e. The second kappa shape index (κ2) is 7.96. The molecule has 2 heterocycles. The van der Waals surface area contributed by atoms with Crippen LogP contribution in [0, 0.1) is 5.92 Å². The molecule has 2 saturated heterocycles. The molecule has 2 aliphatic rings. The summed E-state index contributed by atoms with van der Waals surface area (Å²) in [7, 11) is 0. The zero-order valence-electron chi connectivity index (χ0n) is 14.9. The number of piperidine rings is 1. The number of piperazine rings is 1. The van der Waals surface area contributed by atoms with Gasteiger partial charge in [0, 0.05) is 45.0 Å². The average molecular weight is 355 g/mol. The maximum absolute atomic E-state index is 12.9. The van der Waals surface area contributed by atoms with Crippen molar-refractivity contribution in [3.63, 3.8) is 0 Å². The monoisotopic (exact) mass is 355 g/mol. The van der Waals surface area contributed by atoms with E-state index in [0.29, 0.717) is 5.69 Å². The Kier molecular flexibility index (Phi) is 5.89. The van der Waals surface area contributed by atoms with Crippen molar-refractivity contribution in [3.05, 3.63) is 29.8 Å². The minimum Gasteiger partial charge on any atom is -0.369 e. The minimum atomic E-state index is -4.27. The van der Waals surface area contributed by atoms with Crippen LogP contribution in [0.5, 0.6) is 0 Å².